The van der Waals surface area contributed by atoms with Gasteiger partial charge in [0.25, 0.3) is 0 Å². The van der Waals surface area contributed by atoms with Crippen LogP contribution in [0.1, 0.15) is 11.1 Å². The maximum atomic E-state index is 2.49. The van der Waals surface area contributed by atoms with Crippen LogP contribution < -0.4 is 9.80 Å². The second-order valence-electron chi connectivity index (χ2n) is 16.1. The van der Waals surface area contributed by atoms with Crippen LogP contribution >= 0.6 is 0 Å². The molecule has 290 valence electrons. The first-order chi connectivity index (χ1) is 30.8. The summed E-state index contributed by atoms with van der Waals surface area (Å²) in [5, 5.41) is 3.66. The molecule has 2 aliphatic heterocycles. The highest BCUT2D eigenvalue weighted by Gasteiger charge is 2.32. The monoisotopic (exact) mass is 790 g/mol. The number of hydrogen-bond donors (Lipinski definition) is 0. The molecule has 0 atom stereocenters. The Bertz CT molecular complexity index is 3590. The molecule has 0 saturated carbocycles. The predicted octanol–water partition coefficient (Wildman–Crippen LogP) is 15.8. The van der Waals surface area contributed by atoms with E-state index < -0.39 is 0 Å². The molecule has 0 unspecified atom stereocenters. The van der Waals surface area contributed by atoms with E-state index in [4.69, 9.17) is 0 Å². The summed E-state index contributed by atoms with van der Waals surface area (Å²) in [6.07, 6.45) is 4.54. The van der Waals surface area contributed by atoms with Gasteiger partial charge in [0.15, 0.2) is 0 Å². The van der Waals surface area contributed by atoms with Gasteiger partial charge in [-0.05, 0) is 78.4 Å². The maximum absolute atomic E-state index is 2.49. The molecule has 0 amide bonds. The van der Waals surface area contributed by atoms with E-state index in [0.717, 1.165) is 56.6 Å². The van der Waals surface area contributed by atoms with Crippen molar-refractivity contribution in [2.45, 2.75) is 0 Å². The van der Waals surface area contributed by atoms with E-state index in [1.165, 1.54) is 55.1 Å². The van der Waals surface area contributed by atoms with Crippen LogP contribution in [-0.2, 0) is 0 Å². The summed E-state index contributed by atoms with van der Waals surface area (Å²) in [5.74, 6) is 0. The topological polar surface area (TPSA) is 16.3 Å². The van der Waals surface area contributed by atoms with Crippen molar-refractivity contribution in [3.8, 4) is 33.8 Å². The van der Waals surface area contributed by atoms with Crippen LogP contribution in [0.3, 0.4) is 0 Å². The van der Waals surface area contributed by atoms with Crippen molar-refractivity contribution >= 4 is 79.0 Å². The third-order valence-electron chi connectivity index (χ3n) is 12.7. The normalized spacial score (nSPS) is 12.7. The Kier molecular flexibility index (Phi) is 7.57. The Balaban J connectivity index is 1.09. The van der Waals surface area contributed by atoms with Crippen molar-refractivity contribution in [3.63, 3.8) is 0 Å². The molecule has 4 heteroatoms. The molecule has 62 heavy (non-hydrogen) atoms. The van der Waals surface area contributed by atoms with Crippen LogP contribution in [0.25, 0.3) is 78.6 Å². The second kappa shape index (κ2) is 13.6. The van der Waals surface area contributed by atoms with Gasteiger partial charge in [0.1, 0.15) is 0 Å². The smallest absolute Gasteiger partial charge is 0.0788 e. The van der Waals surface area contributed by atoms with Crippen LogP contribution in [-0.4, -0.2) is 9.13 Å². The standard InChI is InChI=1S/C58H38N4/c1-3-19-41(20-4-1)60-50-29-12-7-18-39(50)34-35-40-36-37-46-45-25-8-13-30-51(45)62(58(46)56(40)60)44-24-17-23-43(38-44)59-52-31-14-9-26-47(52)55-48-27-10-15-32-53(48)61(42-21-5-2-6-22-42)57(55)49-28-11-16-33-54(49)59/h1-38H. The van der Waals surface area contributed by atoms with Crippen molar-refractivity contribution in [1.82, 2.24) is 9.13 Å². The van der Waals surface area contributed by atoms with Gasteiger partial charge in [-0.15, -0.1) is 0 Å². The molecule has 4 nitrogen and oxygen atoms in total. The number of anilines is 6. The summed E-state index contributed by atoms with van der Waals surface area (Å²) < 4.78 is 4.95. The van der Waals surface area contributed by atoms with E-state index in [-0.39, 0.29) is 0 Å². The zero-order valence-electron chi connectivity index (χ0n) is 33.7. The lowest BCUT2D eigenvalue weighted by Gasteiger charge is -2.29. The summed E-state index contributed by atoms with van der Waals surface area (Å²) in [5.41, 5.74) is 19.7. The quantitative estimate of drug-likeness (QED) is 0.177. The number of rotatable bonds is 4. The highest BCUT2D eigenvalue weighted by Crippen LogP contribution is 2.55. The maximum Gasteiger partial charge on any atom is 0.0788 e. The van der Waals surface area contributed by atoms with Crippen molar-refractivity contribution < 1.29 is 0 Å². The zero-order valence-corrected chi connectivity index (χ0v) is 33.7. The van der Waals surface area contributed by atoms with Gasteiger partial charge in [-0.2, -0.15) is 0 Å². The Labute approximate surface area is 359 Å². The average molecular weight is 791 g/mol. The van der Waals surface area contributed by atoms with Crippen LogP contribution in [0, 0.1) is 0 Å². The molecule has 13 rings (SSSR count). The van der Waals surface area contributed by atoms with E-state index in [0.29, 0.717) is 0 Å². The molecule has 0 saturated heterocycles. The molecule has 0 N–H and O–H groups in total. The molecule has 0 bridgehead atoms. The van der Waals surface area contributed by atoms with Crippen LogP contribution in [0.2, 0.25) is 0 Å². The fourth-order valence-corrected chi connectivity index (χ4v) is 10.2. The third kappa shape index (κ3) is 5.01. The van der Waals surface area contributed by atoms with Gasteiger partial charge in [0.2, 0.25) is 0 Å². The molecule has 0 fully saturated rings. The van der Waals surface area contributed by atoms with Crippen LogP contribution in [0.4, 0.5) is 34.1 Å². The van der Waals surface area contributed by atoms with E-state index in [1.54, 1.807) is 0 Å². The van der Waals surface area contributed by atoms with Crippen LogP contribution in [0.15, 0.2) is 218 Å². The van der Waals surface area contributed by atoms with Gasteiger partial charge in [-0.25, -0.2) is 0 Å². The van der Waals surface area contributed by atoms with E-state index in [9.17, 15) is 0 Å². The largest absolute Gasteiger partial charge is 0.309 e. The molecule has 0 aliphatic carbocycles. The van der Waals surface area contributed by atoms with Gasteiger partial charge in [0, 0.05) is 61.2 Å². The first-order valence-electron chi connectivity index (χ1n) is 21.3. The van der Waals surface area contributed by atoms with E-state index >= 15 is 0 Å². The fraction of sp³-hybridized carbons (Fsp3) is 0. The molecular weight excluding hydrogens is 753 g/mol. The van der Waals surface area contributed by atoms with Gasteiger partial charge >= 0.3 is 0 Å². The molecule has 4 heterocycles. The summed E-state index contributed by atoms with van der Waals surface area (Å²) in [6, 6.07) is 79.6. The van der Waals surface area contributed by atoms with Gasteiger partial charge in [-0.3, -0.25) is 0 Å². The van der Waals surface area contributed by atoms with Gasteiger partial charge < -0.3 is 18.9 Å². The predicted molar refractivity (Wildman–Crippen MR) is 260 cm³/mol. The summed E-state index contributed by atoms with van der Waals surface area (Å²) >= 11 is 0. The summed E-state index contributed by atoms with van der Waals surface area (Å²) in [7, 11) is 0. The minimum absolute atomic E-state index is 1.08. The molecular formula is C58H38N4. The lowest BCUT2D eigenvalue weighted by atomic mass is 9.98. The molecule has 0 radical (unpaired) electrons. The Morgan fingerprint density at radius 3 is 1.66 bits per heavy atom. The minimum atomic E-state index is 1.08. The Morgan fingerprint density at radius 2 is 0.871 bits per heavy atom. The number of benzene rings is 9. The molecule has 0 spiro atoms. The van der Waals surface area contributed by atoms with Crippen molar-refractivity contribution in [2.75, 3.05) is 9.80 Å². The second-order valence-corrected chi connectivity index (χ2v) is 16.1. The summed E-state index contributed by atoms with van der Waals surface area (Å²) in [4.78, 5) is 4.93. The summed E-state index contributed by atoms with van der Waals surface area (Å²) in [6.45, 7) is 0. The number of para-hydroxylation sites is 7. The molecule has 9 aromatic carbocycles. The highest BCUT2D eigenvalue weighted by atomic mass is 15.2. The number of aromatic nitrogens is 2. The van der Waals surface area contributed by atoms with E-state index in [2.05, 4.69) is 249 Å². The lowest BCUT2D eigenvalue weighted by Crippen LogP contribution is -2.14. The zero-order chi connectivity index (χ0) is 40.7. The van der Waals surface area contributed by atoms with Crippen LogP contribution in [0.5, 0.6) is 0 Å². The first kappa shape index (κ1) is 34.5. The molecule has 2 aliphatic rings. The number of hydrogen-bond acceptors (Lipinski definition) is 2. The number of fused-ring (bicyclic) bond motifs is 13. The SMILES string of the molecule is C1=Cc2ccc3c4ccccc4n(-c4cccc(N5c6ccccc6-c6c(n(-c7ccccc7)c7ccccc67)-c6ccccc65)c4)c3c2N(c2ccccc2)c2ccccc21. The van der Waals surface area contributed by atoms with Gasteiger partial charge in [0.05, 0.1) is 45.0 Å². The molecule has 2 aromatic heterocycles. The number of nitrogens with zero attached hydrogens (tertiary/aromatic N) is 4. The highest BCUT2D eigenvalue weighted by molar-refractivity contribution is 6.17. The Morgan fingerprint density at radius 1 is 0.306 bits per heavy atom. The first-order valence-corrected chi connectivity index (χ1v) is 21.3. The van der Waals surface area contributed by atoms with Gasteiger partial charge in [-0.1, -0.05) is 158 Å². The average Bonchev–Trinajstić information content (AvgIpc) is 3.75. The minimum Gasteiger partial charge on any atom is -0.309 e. The van der Waals surface area contributed by atoms with Crippen molar-refractivity contribution in [1.29, 1.82) is 0 Å². The Hall–Kier alpha value is -8.34. The fourth-order valence-electron chi connectivity index (χ4n) is 10.2. The third-order valence-corrected chi connectivity index (χ3v) is 12.7. The van der Waals surface area contributed by atoms with E-state index in [1.807, 2.05) is 0 Å². The van der Waals surface area contributed by atoms with Crippen molar-refractivity contribution in [2.24, 2.45) is 0 Å². The van der Waals surface area contributed by atoms with Crippen molar-refractivity contribution in [3.05, 3.63) is 230 Å². The lowest BCUT2D eigenvalue weighted by molar-refractivity contribution is 1.13. The molecule has 11 aromatic rings.